The van der Waals surface area contributed by atoms with Crippen LogP contribution in [-0.4, -0.2) is 19.7 Å². The standard InChI is InChI=1S/C8H10N4/c1-6(2)12-4-8-7(11-12)3-9-5-10-8/h3-6H,1-2H3. The maximum Gasteiger partial charge on any atom is 0.129 e. The molecule has 0 fully saturated rings. The van der Waals surface area contributed by atoms with Gasteiger partial charge >= 0.3 is 0 Å². The first kappa shape index (κ1) is 7.21. The van der Waals surface area contributed by atoms with E-state index in [9.17, 15) is 0 Å². The van der Waals surface area contributed by atoms with E-state index < -0.39 is 0 Å². The second-order valence-electron chi connectivity index (χ2n) is 3.00. The predicted molar refractivity (Wildman–Crippen MR) is 45.7 cm³/mol. The molecule has 0 spiro atoms. The Morgan fingerprint density at radius 1 is 1.33 bits per heavy atom. The molecule has 0 bridgehead atoms. The zero-order chi connectivity index (χ0) is 8.55. The molecule has 0 atom stereocenters. The fraction of sp³-hybridized carbons (Fsp3) is 0.375. The van der Waals surface area contributed by atoms with Crippen molar-refractivity contribution >= 4 is 11.0 Å². The zero-order valence-electron chi connectivity index (χ0n) is 7.10. The summed E-state index contributed by atoms with van der Waals surface area (Å²) in [5.41, 5.74) is 1.75. The molecule has 2 aromatic heterocycles. The minimum Gasteiger partial charge on any atom is -0.267 e. The number of hydrogen-bond donors (Lipinski definition) is 0. The molecule has 12 heavy (non-hydrogen) atoms. The second kappa shape index (κ2) is 2.55. The average molecular weight is 162 g/mol. The lowest BCUT2D eigenvalue weighted by Crippen LogP contribution is -1.99. The quantitative estimate of drug-likeness (QED) is 0.636. The highest BCUT2D eigenvalue weighted by atomic mass is 15.3. The van der Waals surface area contributed by atoms with Crippen LogP contribution in [0.2, 0.25) is 0 Å². The molecule has 0 amide bonds. The Hall–Kier alpha value is -1.45. The second-order valence-corrected chi connectivity index (χ2v) is 3.00. The Morgan fingerprint density at radius 3 is 2.83 bits per heavy atom. The fourth-order valence-electron chi connectivity index (χ4n) is 1.05. The third-order valence-corrected chi connectivity index (χ3v) is 1.73. The first-order valence-electron chi connectivity index (χ1n) is 3.92. The van der Waals surface area contributed by atoms with Crippen LogP contribution in [0.15, 0.2) is 18.7 Å². The van der Waals surface area contributed by atoms with Crippen molar-refractivity contribution in [2.24, 2.45) is 0 Å². The number of hydrogen-bond acceptors (Lipinski definition) is 3. The summed E-state index contributed by atoms with van der Waals surface area (Å²) in [6, 6.07) is 0.374. The van der Waals surface area contributed by atoms with Crippen molar-refractivity contribution in [3.63, 3.8) is 0 Å². The van der Waals surface area contributed by atoms with E-state index in [1.165, 1.54) is 6.33 Å². The van der Waals surface area contributed by atoms with Crippen LogP contribution in [0.4, 0.5) is 0 Å². The van der Waals surface area contributed by atoms with Gasteiger partial charge in [-0.1, -0.05) is 0 Å². The Balaban J connectivity index is 2.62. The van der Waals surface area contributed by atoms with Gasteiger partial charge in [-0.15, -0.1) is 0 Å². The highest BCUT2D eigenvalue weighted by Crippen LogP contribution is 2.10. The van der Waals surface area contributed by atoms with E-state index >= 15 is 0 Å². The van der Waals surface area contributed by atoms with Crippen molar-refractivity contribution in [3.8, 4) is 0 Å². The third-order valence-electron chi connectivity index (χ3n) is 1.73. The summed E-state index contributed by atoms with van der Waals surface area (Å²) in [4.78, 5) is 7.99. The molecule has 0 aliphatic carbocycles. The molecule has 0 aliphatic heterocycles. The van der Waals surface area contributed by atoms with E-state index in [4.69, 9.17) is 0 Å². The van der Waals surface area contributed by atoms with Crippen LogP contribution in [0, 0.1) is 0 Å². The van der Waals surface area contributed by atoms with Crippen molar-refractivity contribution in [1.29, 1.82) is 0 Å². The highest BCUT2D eigenvalue weighted by molar-refractivity contribution is 5.71. The minimum absolute atomic E-state index is 0.374. The molecule has 2 heterocycles. The molecular formula is C8H10N4. The van der Waals surface area contributed by atoms with Gasteiger partial charge in [-0.3, -0.25) is 4.68 Å². The molecule has 2 rings (SSSR count). The highest BCUT2D eigenvalue weighted by Gasteiger charge is 2.02. The molecule has 62 valence electrons. The van der Waals surface area contributed by atoms with Crippen molar-refractivity contribution in [1.82, 2.24) is 19.7 Å². The Bertz CT molecular complexity index is 358. The van der Waals surface area contributed by atoms with Gasteiger partial charge < -0.3 is 0 Å². The van der Waals surface area contributed by atoms with E-state index in [-0.39, 0.29) is 0 Å². The van der Waals surface area contributed by atoms with Gasteiger partial charge in [0.05, 0.1) is 12.4 Å². The summed E-state index contributed by atoms with van der Waals surface area (Å²) in [5.74, 6) is 0. The summed E-state index contributed by atoms with van der Waals surface area (Å²) < 4.78 is 1.89. The molecule has 4 nitrogen and oxygen atoms in total. The van der Waals surface area contributed by atoms with Crippen molar-refractivity contribution in [3.05, 3.63) is 18.7 Å². The van der Waals surface area contributed by atoms with Crippen LogP contribution in [-0.2, 0) is 0 Å². The lowest BCUT2D eigenvalue weighted by atomic mass is 10.4. The summed E-state index contributed by atoms with van der Waals surface area (Å²) in [7, 11) is 0. The molecule has 0 N–H and O–H groups in total. The molecular weight excluding hydrogens is 152 g/mol. The van der Waals surface area contributed by atoms with Crippen molar-refractivity contribution < 1.29 is 0 Å². The van der Waals surface area contributed by atoms with Gasteiger partial charge in [-0.2, -0.15) is 5.10 Å². The Kier molecular flexibility index (Phi) is 1.53. The van der Waals surface area contributed by atoms with Gasteiger partial charge in [0, 0.05) is 6.04 Å². The minimum atomic E-state index is 0.374. The monoisotopic (exact) mass is 162 g/mol. The van der Waals surface area contributed by atoms with Crippen molar-refractivity contribution in [2.45, 2.75) is 19.9 Å². The van der Waals surface area contributed by atoms with Crippen LogP contribution in [0.25, 0.3) is 11.0 Å². The van der Waals surface area contributed by atoms with E-state index in [2.05, 4.69) is 28.9 Å². The van der Waals surface area contributed by atoms with Crippen LogP contribution >= 0.6 is 0 Å². The zero-order valence-corrected chi connectivity index (χ0v) is 7.10. The Morgan fingerprint density at radius 2 is 2.17 bits per heavy atom. The lowest BCUT2D eigenvalue weighted by Gasteiger charge is -2.01. The average Bonchev–Trinajstić information content (AvgIpc) is 2.46. The smallest absolute Gasteiger partial charge is 0.129 e. The lowest BCUT2D eigenvalue weighted by molar-refractivity contribution is 0.537. The molecule has 4 heteroatoms. The van der Waals surface area contributed by atoms with E-state index in [0.29, 0.717) is 6.04 Å². The van der Waals surface area contributed by atoms with Crippen LogP contribution in [0.1, 0.15) is 19.9 Å². The topological polar surface area (TPSA) is 43.6 Å². The predicted octanol–water partition coefficient (Wildman–Crippen LogP) is 1.41. The van der Waals surface area contributed by atoms with Crippen LogP contribution in [0.5, 0.6) is 0 Å². The molecule has 0 unspecified atom stereocenters. The third kappa shape index (κ3) is 1.05. The summed E-state index contributed by atoms with van der Waals surface area (Å²) in [6.45, 7) is 4.17. The number of nitrogens with zero attached hydrogens (tertiary/aromatic N) is 4. The van der Waals surface area contributed by atoms with Gasteiger partial charge in [0.15, 0.2) is 0 Å². The fourth-order valence-corrected chi connectivity index (χ4v) is 1.05. The van der Waals surface area contributed by atoms with Gasteiger partial charge in [-0.05, 0) is 13.8 Å². The Labute approximate surface area is 70.3 Å². The molecule has 2 aromatic rings. The maximum atomic E-state index is 4.30. The number of rotatable bonds is 1. The first-order valence-corrected chi connectivity index (χ1v) is 3.92. The van der Waals surface area contributed by atoms with Gasteiger partial charge in [-0.25, -0.2) is 9.97 Å². The van der Waals surface area contributed by atoms with Gasteiger partial charge in [0.2, 0.25) is 0 Å². The largest absolute Gasteiger partial charge is 0.267 e. The van der Waals surface area contributed by atoms with Crippen LogP contribution < -0.4 is 0 Å². The molecule has 0 saturated heterocycles. The van der Waals surface area contributed by atoms with E-state index in [0.717, 1.165) is 11.0 Å². The SMILES string of the molecule is CC(C)n1cc2ncncc2n1. The number of fused-ring (bicyclic) bond motifs is 1. The summed E-state index contributed by atoms with van der Waals surface area (Å²) in [5, 5.41) is 4.30. The van der Waals surface area contributed by atoms with Gasteiger partial charge in [0.1, 0.15) is 17.4 Å². The van der Waals surface area contributed by atoms with Crippen LogP contribution in [0.3, 0.4) is 0 Å². The molecule has 0 aliphatic rings. The normalized spacial score (nSPS) is 11.2. The molecule has 0 radical (unpaired) electrons. The molecule has 0 aromatic carbocycles. The van der Waals surface area contributed by atoms with E-state index in [1.54, 1.807) is 6.20 Å². The number of aromatic nitrogens is 4. The summed E-state index contributed by atoms with van der Waals surface area (Å²) in [6.07, 6.45) is 5.19. The first-order chi connectivity index (χ1) is 5.77. The van der Waals surface area contributed by atoms with Crippen molar-refractivity contribution in [2.75, 3.05) is 0 Å². The van der Waals surface area contributed by atoms with Gasteiger partial charge in [0.25, 0.3) is 0 Å². The molecule has 0 saturated carbocycles. The van der Waals surface area contributed by atoms with E-state index in [1.807, 2.05) is 10.9 Å². The maximum absolute atomic E-state index is 4.30. The summed E-state index contributed by atoms with van der Waals surface area (Å²) >= 11 is 0.